The molecule has 0 spiro atoms. The maximum atomic E-state index is 12.0. The first-order valence-corrected chi connectivity index (χ1v) is 8.25. The molecule has 2 rings (SSSR count). The quantitative estimate of drug-likeness (QED) is 0.872. The average Bonchev–Trinajstić information content (AvgIpc) is 3.16. The zero-order valence-electron chi connectivity index (χ0n) is 11.3. The molecule has 0 aromatic heterocycles. The lowest BCUT2D eigenvalue weighted by atomic mass is 10.1. The second-order valence-electron chi connectivity index (χ2n) is 5.19. The minimum atomic E-state index is -3.70. The lowest BCUT2D eigenvalue weighted by Crippen LogP contribution is -2.34. The maximum absolute atomic E-state index is 12.0. The van der Waals surface area contributed by atoms with Crippen LogP contribution >= 0.6 is 0 Å². The topological polar surface area (TPSA) is 63.2 Å². The first-order valence-electron chi connectivity index (χ1n) is 6.60. The summed E-state index contributed by atoms with van der Waals surface area (Å²) in [6.45, 7) is 1.27. The van der Waals surface area contributed by atoms with E-state index in [0.717, 1.165) is 11.1 Å². The van der Waals surface area contributed by atoms with Gasteiger partial charge in [-0.15, -0.1) is 0 Å². The molecular weight excluding hydrogens is 281 g/mol. The Kier molecular flexibility index (Phi) is 4.42. The number of carbonyl (C=O) groups excluding carboxylic acids is 1. The Morgan fingerprint density at radius 1 is 1.45 bits per heavy atom. The second-order valence-corrected chi connectivity index (χ2v) is 7.03. The smallest absolute Gasteiger partial charge is 0.237 e. The first-order chi connectivity index (χ1) is 9.43. The SMILES string of the molecule is Cc1cccc([C@H]2C[C@@H]2C(=O)NS(=O)(=O)CCCF)c1. The monoisotopic (exact) mass is 299 g/mol. The molecule has 20 heavy (non-hydrogen) atoms. The number of amides is 1. The molecule has 1 amide bonds. The van der Waals surface area contributed by atoms with Crippen LogP contribution in [-0.2, 0) is 14.8 Å². The molecule has 1 aliphatic rings. The van der Waals surface area contributed by atoms with E-state index in [1.165, 1.54) is 0 Å². The van der Waals surface area contributed by atoms with Gasteiger partial charge in [0.2, 0.25) is 15.9 Å². The Morgan fingerprint density at radius 2 is 2.20 bits per heavy atom. The number of sulfonamides is 1. The number of benzene rings is 1. The molecule has 0 unspecified atom stereocenters. The molecule has 1 saturated carbocycles. The van der Waals surface area contributed by atoms with Crippen molar-refractivity contribution in [3.05, 3.63) is 35.4 Å². The van der Waals surface area contributed by atoms with Crippen molar-refractivity contribution in [2.45, 2.75) is 25.7 Å². The Hall–Kier alpha value is -1.43. The maximum Gasteiger partial charge on any atom is 0.237 e. The molecule has 0 saturated heterocycles. The van der Waals surface area contributed by atoms with Crippen molar-refractivity contribution in [2.24, 2.45) is 5.92 Å². The number of nitrogens with one attached hydrogen (secondary N) is 1. The largest absolute Gasteiger partial charge is 0.274 e. The molecule has 6 heteroatoms. The summed E-state index contributed by atoms with van der Waals surface area (Å²) in [5.74, 6) is -1.03. The van der Waals surface area contributed by atoms with Gasteiger partial charge in [-0.3, -0.25) is 13.9 Å². The lowest BCUT2D eigenvalue weighted by molar-refractivity contribution is -0.120. The molecule has 0 radical (unpaired) electrons. The highest BCUT2D eigenvalue weighted by Gasteiger charge is 2.44. The number of hydrogen-bond donors (Lipinski definition) is 1. The molecule has 4 nitrogen and oxygen atoms in total. The Bertz CT molecular complexity index is 600. The van der Waals surface area contributed by atoms with E-state index in [1.54, 1.807) is 0 Å². The van der Waals surface area contributed by atoms with Crippen LogP contribution in [0.3, 0.4) is 0 Å². The van der Waals surface area contributed by atoms with Crippen LogP contribution < -0.4 is 4.72 Å². The molecule has 0 aliphatic heterocycles. The summed E-state index contributed by atoms with van der Waals surface area (Å²) in [6.07, 6.45) is 0.572. The van der Waals surface area contributed by atoms with Gasteiger partial charge in [0.05, 0.1) is 12.4 Å². The number of rotatable bonds is 6. The normalized spacial score (nSPS) is 21.5. The van der Waals surface area contributed by atoms with Crippen LogP contribution in [0.15, 0.2) is 24.3 Å². The predicted octanol–water partition coefficient (Wildman–Crippen LogP) is 1.90. The highest BCUT2D eigenvalue weighted by atomic mass is 32.2. The van der Waals surface area contributed by atoms with Crippen LogP contribution in [-0.4, -0.2) is 26.8 Å². The van der Waals surface area contributed by atoms with E-state index in [-0.39, 0.29) is 24.0 Å². The van der Waals surface area contributed by atoms with Crippen molar-refractivity contribution in [3.63, 3.8) is 0 Å². The van der Waals surface area contributed by atoms with Crippen LogP contribution in [0.5, 0.6) is 0 Å². The van der Waals surface area contributed by atoms with E-state index in [9.17, 15) is 17.6 Å². The van der Waals surface area contributed by atoms with E-state index in [1.807, 2.05) is 35.9 Å². The molecule has 0 bridgehead atoms. The number of aryl methyl sites for hydroxylation is 1. The molecule has 0 heterocycles. The van der Waals surface area contributed by atoms with Gasteiger partial charge in [0.1, 0.15) is 0 Å². The van der Waals surface area contributed by atoms with Gasteiger partial charge in [-0.2, -0.15) is 0 Å². The Labute approximate surface area is 118 Å². The molecule has 1 aromatic rings. The van der Waals surface area contributed by atoms with Gasteiger partial charge in [0, 0.05) is 5.92 Å². The van der Waals surface area contributed by atoms with Crippen LogP contribution in [0.25, 0.3) is 0 Å². The third-order valence-corrected chi connectivity index (χ3v) is 4.74. The van der Waals surface area contributed by atoms with Crippen molar-refractivity contribution >= 4 is 15.9 Å². The van der Waals surface area contributed by atoms with Gasteiger partial charge in [0.25, 0.3) is 0 Å². The molecular formula is C14H18FNO3S. The highest BCUT2D eigenvalue weighted by Crippen LogP contribution is 2.47. The summed E-state index contributed by atoms with van der Waals surface area (Å²) in [5, 5.41) is 0. The van der Waals surface area contributed by atoms with E-state index in [0.29, 0.717) is 6.42 Å². The van der Waals surface area contributed by atoms with Gasteiger partial charge in [-0.1, -0.05) is 29.8 Å². The average molecular weight is 299 g/mol. The van der Waals surface area contributed by atoms with Crippen molar-refractivity contribution in [1.29, 1.82) is 0 Å². The first kappa shape index (κ1) is 15.0. The standard InChI is InChI=1S/C14H18FNO3S/c1-10-4-2-5-11(8-10)12-9-13(12)14(17)16-20(18,19)7-3-6-15/h2,4-5,8,12-13H,3,6-7,9H2,1H3,(H,16,17)/t12-,13+/m1/s1. The van der Waals surface area contributed by atoms with Gasteiger partial charge >= 0.3 is 0 Å². The number of halogens is 1. The van der Waals surface area contributed by atoms with E-state index in [2.05, 4.69) is 0 Å². The minimum absolute atomic E-state index is 0.0887. The van der Waals surface area contributed by atoms with E-state index in [4.69, 9.17) is 0 Å². The number of alkyl halides is 1. The summed E-state index contributed by atoms with van der Waals surface area (Å²) in [6, 6.07) is 7.86. The number of carbonyl (C=O) groups is 1. The van der Waals surface area contributed by atoms with Crippen LogP contribution in [0.2, 0.25) is 0 Å². The lowest BCUT2D eigenvalue weighted by Gasteiger charge is -2.06. The van der Waals surface area contributed by atoms with E-state index < -0.39 is 22.6 Å². The van der Waals surface area contributed by atoms with Crippen molar-refractivity contribution in [3.8, 4) is 0 Å². The van der Waals surface area contributed by atoms with Crippen molar-refractivity contribution in [1.82, 2.24) is 4.72 Å². The fourth-order valence-corrected chi connectivity index (χ4v) is 3.33. The minimum Gasteiger partial charge on any atom is -0.274 e. The molecule has 1 aliphatic carbocycles. The highest BCUT2D eigenvalue weighted by molar-refractivity contribution is 7.90. The zero-order chi connectivity index (χ0) is 14.8. The van der Waals surface area contributed by atoms with Gasteiger partial charge in [0.15, 0.2) is 0 Å². The van der Waals surface area contributed by atoms with Crippen molar-refractivity contribution in [2.75, 3.05) is 12.4 Å². The van der Waals surface area contributed by atoms with Crippen LogP contribution in [0.1, 0.15) is 29.9 Å². The predicted molar refractivity (Wildman–Crippen MR) is 74.5 cm³/mol. The summed E-state index contributed by atoms with van der Waals surface area (Å²) in [5.41, 5.74) is 2.18. The van der Waals surface area contributed by atoms with Gasteiger partial charge < -0.3 is 0 Å². The molecule has 1 fully saturated rings. The summed E-state index contributed by atoms with van der Waals surface area (Å²) >= 11 is 0. The Balaban J connectivity index is 1.93. The van der Waals surface area contributed by atoms with Gasteiger partial charge in [-0.05, 0) is 31.2 Å². The third kappa shape index (κ3) is 3.79. The Morgan fingerprint density at radius 3 is 2.85 bits per heavy atom. The summed E-state index contributed by atoms with van der Waals surface area (Å²) in [4.78, 5) is 11.9. The molecule has 1 N–H and O–H groups in total. The van der Waals surface area contributed by atoms with Crippen LogP contribution in [0, 0.1) is 12.8 Å². The third-order valence-electron chi connectivity index (χ3n) is 3.40. The zero-order valence-corrected chi connectivity index (χ0v) is 12.1. The van der Waals surface area contributed by atoms with Crippen LogP contribution in [0.4, 0.5) is 4.39 Å². The second kappa shape index (κ2) is 5.91. The molecule has 110 valence electrons. The number of hydrogen-bond acceptors (Lipinski definition) is 3. The fourth-order valence-electron chi connectivity index (χ4n) is 2.28. The van der Waals surface area contributed by atoms with Crippen molar-refractivity contribution < 1.29 is 17.6 Å². The summed E-state index contributed by atoms with van der Waals surface area (Å²) in [7, 11) is -3.70. The fraction of sp³-hybridized carbons (Fsp3) is 0.500. The summed E-state index contributed by atoms with van der Waals surface area (Å²) < 4.78 is 37.1. The van der Waals surface area contributed by atoms with E-state index >= 15 is 0 Å². The molecule has 2 atom stereocenters. The van der Waals surface area contributed by atoms with Gasteiger partial charge in [-0.25, -0.2) is 8.42 Å². The molecule has 1 aromatic carbocycles.